The number of nitrogens with zero attached hydrogens (tertiary/aromatic N) is 1. The molecule has 156 valence electrons. The quantitative estimate of drug-likeness (QED) is 0.555. The van der Waals surface area contributed by atoms with Gasteiger partial charge < -0.3 is 4.74 Å². The van der Waals surface area contributed by atoms with E-state index in [1.54, 1.807) is 39.8 Å². The van der Waals surface area contributed by atoms with Gasteiger partial charge in [-0.1, -0.05) is 17.7 Å². The summed E-state index contributed by atoms with van der Waals surface area (Å²) in [5.41, 5.74) is 0.145. The predicted molar refractivity (Wildman–Crippen MR) is 104 cm³/mol. The van der Waals surface area contributed by atoms with Gasteiger partial charge in [-0.2, -0.15) is 17.7 Å². The number of rotatable bonds is 4. The summed E-state index contributed by atoms with van der Waals surface area (Å²) >= 11 is 0. The van der Waals surface area contributed by atoms with Crippen molar-refractivity contribution < 1.29 is 31.4 Å². The molecular weight excluding hydrogens is 382 g/mol. The highest BCUT2D eigenvalue weighted by Crippen LogP contribution is 2.32. The lowest BCUT2D eigenvalue weighted by molar-refractivity contribution is -0.795. The van der Waals surface area contributed by atoms with Crippen molar-refractivity contribution in [3.63, 3.8) is 0 Å². The maximum atomic E-state index is 13.3. The molecule has 28 heavy (non-hydrogen) atoms. The zero-order valence-electron chi connectivity index (χ0n) is 17.4. The molecule has 0 aliphatic carbocycles. The van der Waals surface area contributed by atoms with Crippen LogP contribution in [0, 0.1) is 6.92 Å². The Hall–Kier alpha value is -1.77. The highest BCUT2D eigenvalue weighted by Gasteiger charge is 2.57. The average molecular weight is 413 g/mol. The molecule has 1 fully saturated rings. The Balaban J connectivity index is 2.29. The molecule has 1 aliphatic heterocycles. The van der Waals surface area contributed by atoms with Crippen LogP contribution >= 0.6 is 0 Å². The number of carbonyl (C=O) groups excluding carboxylic acids is 2. The minimum Gasteiger partial charge on any atom is -0.414 e. The largest absolute Gasteiger partial charge is 0.524 e. The molecule has 0 radical (unpaired) electrons. The Kier molecular flexibility index (Phi) is 6.37. The van der Waals surface area contributed by atoms with Crippen molar-refractivity contribution in [2.24, 2.45) is 0 Å². The van der Waals surface area contributed by atoms with Gasteiger partial charge in [0.15, 0.2) is 6.10 Å². The van der Waals surface area contributed by atoms with E-state index in [0.29, 0.717) is 12.8 Å². The molecule has 1 aromatic carbocycles. The summed E-state index contributed by atoms with van der Waals surface area (Å²) in [4.78, 5) is 26.2. The maximum Gasteiger partial charge on any atom is 0.524 e. The fourth-order valence-corrected chi connectivity index (χ4v) is 4.47. The smallest absolute Gasteiger partial charge is 0.414 e. The lowest BCUT2D eigenvalue weighted by atomic mass is 10.2. The van der Waals surface area contributed by atoms with Crippen molar-refractivity contribution in [1.82, 2.24) is 0 Å². The van der Waals surface area contributed by atoms with Crippen LogP contribution < -0.4 is 0 Å². The second-order valence-corrected chi connectivity index (χ2v) is 9.98. The van der Waals surface area contributed by atoms with E-state index in [9.17, 15) is 18.0 Å². The predicted octanol–water partition coefficient (Wildman–Crippen LogP) is 3.55. The van der Waals surface area contributed by atoms with Crippen LogP contribution in [0.15, 0.2) is 29.2 Å². The number of likely N-dealkylation sites (tertiary alicyclic amines) is 1. The van der Waals surface area contributed by atoms with Crippen LogP contribution in [-0.2, 0) is 23.8 Å². The molecule has 8 heteroatoms. The van der Waals surface area contributed by atoms with Crippen LogP contribution in [0.1, 0.15) is 53.0 Å². The standard InChI is InChI=1S/C20H30NO6S/c1-14-9-11-17(12-10-14)28(24,25)27-16(3)18(22)21(13-7-8-15(21)2)19(23)26-20(4,5)6/h9-12,15-16H,7-8,13H2,1-6H3/q+1/t15-,16-,21?/m1/s1. The average Bonchev–Trinajstić information content (AvgIpc) is 2.95. The highest BCUT2D eigenvalue weighted by molar-refractivity contribution is 7.86. The van der Waals surface area contributed by atoms with Gasteiger partial charge in [-0.15, -0.1) is 0 Å². The van der Waals surface area contributed by atoms with E-state index in [0.717, 1.165) is 5.56 Å². The topological polar surface area (TPSA) is 86.7 Å². The fourth-order valence-electron chi connectivity index (χ4n) is 3.42. The van der Waals surface area contributed by atoms with E-state index < -0.39 is 38.3 Å². The lowest BCUT2D eigenvalue weighted by Crippen LogP contribution is -2.63. The molecule has 0 aromatic heterocycles. The second-order valence-electron chi connectivity index (χ2n) is 8.41. The second kappa shape index (κ2) is 7.93. The van der Waals surface area contributed by atoms with Gasteiger partial charge >= 0.3 is 12.0 Å². The normalized spacial score (nSPS) is 24.0. The molecule has 7 nitrogen and oxygen atoms in total. The van der Waals surface area contributed by atoms with Crippen molar-refractivity contribution in [3.05, 3.63) is 29.8 Å². The Labute approximate surface area is 167 Å². The molecule has 0 bridgehead atoms. The first-order chi connectivity index (χ1) is 12.8. The molecule has 2 rings (SSSR count). The molecule has 0 spiro atoms. The first-order valence-electron chi connectivity index (χ1n) is 9.45. The molecule has 1 saturated heterocycles. The number of imide groups is 1. The third kappa shape index (κ3) is 4.61. The zero-order chi connectivity index (χ0) is 21.3. The van der Waals surface area contributed by atoms with Crippen molar-refractivity contribution in [1.29, 1.82) is 0 Å². The zero-order valence-corrected chi connectivity index (χ0v) is 18.2. The third-order valence-corrected chi connectivity index (χ3v) is 6.32. The molecule has 3 atom stereocenters. The number of aryl methyl sites for hydroxylation is 1. The molecule has 1 aliphatic rings. The fraction of sp³-hybridized carbons (Fsp3) is 0.600. The minimum absolute atomic E-state index is 0.0314. The lowest BCUT2D eigenvalue weighted by Gasteiger charge is -2.35. The number of hydrogen-bond donors (Lipinski definition) is 0. The van der Waals surface area contributed by atoms with Crippen LogP contribution in [0.25, 0.3) is 0 Å². The van der Waals surface area contributed by atoms with E-state index in [-0.39, 0.29) is 17.5 Å². The molecular formula is C20H30NO6S+. The molecule has 1 aromatic rings. The van der Waals surface area contributed by atoms with Gasteiger partial charge in [0.05, 0.1) is 11.4 Å². The Morgan fingerprint density at radius 1 is 1.18 bits per heavy atom. The van der Waals surface area contributed by atoms with Crippen LogP contribution in [0.3, 0.4) is 0 Å². The number of carbonyl (C=O) groups is 2. The summed E-state index contributed by atoms with van der Waals surface area (Å²) in [6.45, 7) is 10.5. The number of hydrogen-bond acceptors (Lipinski definition) is 6. The number of benzene rings is 1. The van der Waals surface area contributed by atoms with Crippen molar-refractivity contribution >= 4 is 22.1 Å². The van der Waals surface area contributed by atoms with E-state index in [4.69, 9.17) is 8.92 Å². The summed E-state index contributed by atoms with van der Waals surface area (Å²) in [5.74, 6) is -0.602. The van der Waals surface area contributed by atoms with Gasteiger partial charge in [-0.3, -0.25) is 0 Å². The van der Waals surface area contributed by atoms with E-state index in [1.807, 2.05) is 6.92 Å². The monoisotopic (exact) mass is 412 g/mol. The molecule has 2 amide bonds. The van der Waals surface area contributed by atoms with Gasteiger partial charge in [0, 0.05) is 12.8 Å². The number of amides is 2. The molecule has 1 heterocycles. The summed E-state index contributed by atoms with van der Waals surface area (Å²) in [6, 6.07) is 5.85. The van der Waals surface area contributed by atoms with Gasteiger partial charge in [0.2, 0.25) is 0 Å². The van der Waals surface area contributed by atoms with Crippen molar-refractivity contribution in [3.8, 4) is 0 Å². The molecule has 0 N–H and O–H groups in total. The van der Waals surface area contributed by atoms with Gasteiger partial charge in [0.25, 0.3) is 10.1 Å². The Bertz CT molecular complexity index is 840. The Morgan fingerprint density at radius 3 is 2.21 bits per heavy atom. The van der Waals surface area contributed by atoms with E-state index in [1.165, 1.54) is 19.1 Å². The number of quaternary nitrogens is 1. The summed E-state index contributed by atoms with van der Waals surface area (Å²) in [6.07, 6.45) is -0.642. The molecule has 0 saturated carbocycles. The van der Waals surface area contributed by atoms with Crippen molar-refractivity contribution in [2.75, 3.05) is 6.54 Å². The van der Waals surface area contributed by atoms with Crippen molar-refractivity contribution in [2.45, 2.75) is 77.0 Å². The Morgan fingerprint density at radius 2 is 1.75 bits per heavy atom. The summed E-state index contributed by atoms with van der Waals surface area (Å²) in [5, 5.41) is 0. The van der Waals surface area contributed by atoms with Gasteiger partial charge in [-0.05, 0) is 53.7 Å². The first kappa shape index (κ1) is 22.5. The number of ether oxygens (including phenoxy) is 1. The van der Waals surface area contributed by atoms with Gasteiger partial charge in [0.1, 0.15) is 11.6 Å². The summed E-state index contributed by atoms with van der Waals surface area (Å²) < 4.78 is 35.3. The van der Waals surface area contributed by atoms with Crippen LogP contribution in [0.2, 0.25) is 0 Å². The first-order valence-corrected chi connectivity index (χ1v) is 10.9. The van der Waals surface area contributed by atoms with Crippen LogP contribution in [0.5, 0.6) is 0 Å². The molecule has 1 unspecified atom stereocenters. The van der Waals surface area contributed by atoms with E-state index >= 15 is 0 Å². The van der Waals surface area contributed by atoms with Gasteiger partial charge in [-0.25, -0.2) is 8.98 Å². The maximum absolute atomic E-state index is 13.3. The van der Waals surface area contributed by atoms with Crippen LogP contribution in [0.4, 0.5) is 4.79 Å². The highest BCUT2D eigenvalue weighted by atomic mass is 32.2. The van der Waals surface area contributed by atoms with Crippen LogP contribution in [-0.4, -0.2) is 49.2 Å². The third-order valence-electron chi connectivity index (χ3n) is 4.93. The SMILES string of the molecule is Cc1ccc(S(=O)(=O)O[C@H](C)C(=O)[N+]2(C(=O)OC(C)(C)C)CCC[C@H]2C)cc1. The van der Waals surface area contributed by atoms with E-state index in [2.05, 4.69) is 0 Å². The summed E-state index contributed by atoms with van der Waals surface area (Å²) in [7, 11) is -4.14. The minimum atomic E-state index is -4.14.